The van der Waals surface area contributed by atoms with E-state index in [1.807, 2.05) is 5.38 Å². The summed E-state index contributed by atoms with van der Waals surface area (Å²) in [5.74, 6) is 0.788. The van der Waals surface area contributed by atoms with Crippen molar-refractivity contribution in [2.24, 2.45) is 0 Å². The van der Waals surface area contributed by atoms with Crippen LogP contribution in [0.2, 0.25) is 0 Å². The number of nitrogens with zero attached hydrogens (tertiary/aromatic N) is 2. The summed E-state index contributed by atoms with van der Waals surface area (Å²) < 4.78 is 6.49. The fourth-order valence-electron chi connectivity index (χ4n) is 0.241. The van der Waals surface area contributed by atoms with Gasteiger partial charge in [0, 0.05) is 0 Å². The zero-order valence-corrected chi connectivity index (χ0v) is 6.71. The normalized spacial score (nSPS) is 9.25. The van der Waals surface area contributed by atoms with Crippen molar-refractivity contribution in [3.63, 3.8) is 0 Å². The summed E-state index contributed by atoms with van der Waals surface area (Å²) in [7, 11) is 1.32. The van der Waals surface area contributed by atoms with Crippen LogP contribution < -0.4 is 4.72 Å². The van der Waals surface area contributed by atoms with Crippen LogP contribution in [0.4, 0.5) is 5.82 Å². The monoisotopic (exact) mass is 239 g/mol. The van der Waals surface area contributed by atoms with E-state index in [1.54, 1.807) is 0 Å². The van der Waals surface area contributed by atoms with Crippen LogP contribution in [0.5, 0.6) is 0 Å². The first kappa shape index (κ1) is 6.57. The number of nitrogens with one attached hydrogen (secondary N) is 1. The van der Waals surface area contributed by atoms with Gasteiger partial charge in [-0.15, -0.1) is 0 Å². The number of hydrogen-bond acceptors (Lipinski definition) is 5. The van der Waals surface area contributed by atoms with Crippen molar-refractivity contribution >= 4 is 26.8 Å². The Bertz CT molecular complexity index is 141. The molecule has 0 aliphatic carbocycles. The quantitative estimate of drug-likeness (QED) is 0.619. The van der Waals surface area contributed by atoms with E-state index in [1.165, 1.54) is 20.9 Å². The Hall–Kier alpha value is 0.450. The molecule has 1 rings (SSSR count). The molecule has 0 aliphatic rings. The number of aromatic nitrogens is 2. The van der Waals surface area contributed by atoms with Crippen LogP contribution in [0.3, 0.4) is 0 Å². The van der Waals surface area contributed by atoms with Crippen molar-refractivity contribution < 1.29 is 19.7 Å². The molecule has 0 aromatic carbocycles. The molecule has 1 N–H and O–H groups in total. The van der Waals surface area contributed by atoms with Gasteiger partial charge in [-0.2, -0.15) is 0 Å². The van der Waals surface area contributed by atoms with Gasteiger partial charge in [-0.1, -0.05) is 0 Å². The summed E-state index contributed by atoms with van der Waals surface area (Å²) in [5, 5.41) is 5.54. The van der Waals surface area contributed by atoms with E-state index < -0.39 is 0 Å². The number of anilines is 1. The summed E-state index contributed by atoms with van der Waals surface area (Å²) in [6.45, 7) is 0. The molecule has 1 aromatic rings. The van der Waals surface area contributed by atoms with Crippen LogP contribution in [-0.4, -0.2) is 9.59 Å². The summed E-state index contributed by atoms with van der Waals surface area (Å²) >= 11 is 4.45. The predicted octanol–water partition coefficient (Wildman–Crippen LogP) is 1.06. The summed E-state index contributed by atoms with van der Waals surface area (Å²) in [5.41, 5.74) is 0. The Balaban J connectivity index is 2.50. The molecule has 0 bridgehead atoms. The number of hydrogen-bond donors (Lipinski definition) is 1. The Morgan fingerprint density at radius 2 is 2.75 bits per heavy atom. The SMILES string of the molecule is [Ag][S]Nc1csnn1. The summed E-state index contributed by atoms with van der Waals surface area (Å²) in [6.07, 6.45) is 0. The molecule has 6 heteroatoms. The van der Waals surface area contributed by atoms with Gasteiger partial charge in [0.15, 0.2) is 0 Å². The standard InChI is InChI=1S/C2H2N3S2.Ag/c6-4-2-1-7-5-3-2;/h1,4H;/q-1;+1. The molecular weight excluding hydrogens is 238 g/mol. The van der Waals surface area contributed by atoms with Gasteiger partial charge in [-0.25, -0.2) is 0 Å². The van der Waals surface area contributed by atoms with Gasteiger partial charge in [0.2, 0.25) is 0 Å². The zero-order valence-electron chi connectivity index (χ0n) is 3.59. The Morgan fingerprint density at radius 3 is 3.25 bits per heavy atom. The third kappa shape index (κ3) is 1.75. The maximum absolute atomic E-state index is 3.71. The molecule has 0 saturated heterocycles. The molecule has 0 fully saturated rings. The van der Waals surface area contributed by atoms with E-state index in [-0.39, 0.29) is 0 Å². The van der Waals surface area contributed by atoms with Gasteiger partial charge < -0.3 is 0 Å². The Kier molecular flexibility index (Phi) is 2.85. The second kappa shape index (κ2) is 3.47. The molecule has 0 saturated carbocycles. The average Bonchev–Trinajstić information content (AvgIpc) is 2.19. The minimum absolute atomic E-state index is 0.788. The molecular formula is C2H2AgN3S2. The van der Waals surface area contributed by atoms with Crippen molar-refractivity contribution in [3.05, 3.63) is 5.38 Å². The molecule has 48 valence electrons. The van der Waals surface area contributed by atoms with Crippen LogP contribution in [0.25, 0.3) is 0 Å². The van der Waals surface area contributed by atoms with Gasteiger partial charge in [0.05, 0.1) is 0 Å². The predicted molar refractivity (Wildman–Crippen MR) is 31.1 cm³/mol. The molecule has 0 radical (unpaired) electrons. The first-order chi connectivity index (χ1) is 3.93. The molecule has 8 heavy (non-hydrogen) atoms. The van der Waals surface area contributed by atoms with Crippen LogP contribution in [0.15, 0.2) is 5.38 Å². The third-order valence-electron chi connectivity index (χ3n) is 0.495. The fourth-order valence-corrected chi connectivity index (χ4v) is 1.33. The van der Waals surface area contributed by atoms with E-state index >= 15 is 0 Å². The van der Waals surface area contributed by atoms with Crippen LogP contribution in [0.1, 0.15) is 0 Å². The molecule has 0 spiro atoms. The van der Waals surface area contributed by atoms with Crippen molar-refractivity contribution in [3.8, 4) is 0 Å². The Labute approximate surface area is 66.1 Å². The molecule has 3 nitrogen and oxygen atoms in total. The maximum atomic E-state index is 3.71. The average molecular weight is 240 g/mol. The fraction of sp³-hybridized carbons (Fsp3) is 0. The number of rotatable bonds is 2. The van der Waals surface area contributed by atoms with E-state index in [2.05, 4.69) is 34.0 Å². The zero-order chi connectivity index (χ0) is 5.82. The van der Waals surface area contributed by atoms with Crippen LogP contribution >= 0.6 is 20.9 Å². The molecule has 1 heterocycles. The topological polar surface area (TPSA) is 37.8 Å². The van der Waals surface area contributed by atoms with E-state index in [9.17, 15) is 0 Å². The van der Waals surface area contributed by atoms with Gasteiger partial charge in [0.25, 0.3) is 0 Å². The van der Waals surface area contributed by atoms with Crippen molar-refractivity contribution in [1.82, 2.24) is 9.59 Å². The summed E-state index contributed by atoms with van der Waals surface area (Å²) in [4.78, 5) is 0. The van der Waals surface area contributed by atoms with Gasteiger partial charge >= 0.3 is 66.2 Å². The molecule has 0 atom stereocenters. The van der Waals surface area contributed by atoms with Gasteiger partial charge in [-0.05, 0) is 0 Å². The molecule has 1 aromatic heterocycles. The molecule has 0 amide bonds. The second-order valence-corrected chi connectivity index (χ2v) is 2.80. The van der Waals surface area contributed by atoms with Crippen molar-refractivity contribution in [2.45, 2.75) is 0 Å². The third-order valence-corrected chi connectivity index (χ3v) is 1.72. The van der Waals surface area contributed by atoms with Gasteiger partial charge in [-0.3, -0.25) is 0 Å². The Morgan fingerprint density at radius 1 is 1.88 bits per heavy atom. The first-order valence-corrected chi connectivity index (χ1v) is 5.01. The van der Waals surface area contributed by atoms with Gasteiger partial charge in [0.1, 0.15) is 0 Å². The summed E-state index contributed by atoms with van der Waals surface area (Å²) in [6, 6.07) is 0. The minimum atomic E-state index is 0.788. The van der Waals surface area contributed by atoms with Crippen LogP contribution in [-0.2, 0) is 19.7 Å². The van der Waals surface area contributed by atoms with E-state index in [0.717, 1.165) is 5.82 Å². The second-order valence-electron chi connectivity index (χ2n) is 0.954. The van der Waals surface area contributed by atoms with Crippen molar-refractivity contribution in [1.29, 1.82) is 0 Å². The van der Waals surface area contributed by atoms with E-state index in [0.29, 0.717) is 0 Å². The van der Waals surface area contributed by atoms with Crippen LogP contribution in [0, 0.1) is 0 Å². The van der Waals surface area contributed by atoms with Crippen molar-refractivity contribution in [2.75, 3.05) is 4.72 Å². The van der Waals surface area contributed by atoms with E-state index in [4.69, 9.17) is 0 Å². The first-order valence-electron chi connectivity index (χ1n) is 1.71. The molecule has 0 aliphatic heterocycles. The molecule has 0 unspecified atom stereocenters.